The van der Waals surface area contributed by atoms with E-state index in [2.05, 4.69) is 25.1 Å². The highest BCUT2D eigenvalue weighted by Crippen LogP contribution is 2.26. The fourth-order valence-corrected chi connectivity index (χ4v) is 4.45. The molecule has 3 aromatic heterocycles. The third-order valence-corrected chi connectivity index (χ3v) is 6.24. The van der Waals surface area contributed by atoms with Crippen LogP contribution >= 0.6 is 23.1 Å². The van der Waals surface area contributed by atoms with Crippen molar-refractivity contribution >= 4 is 35.0 Å². The lowest BCUT2D eigenvalue weighted by molar-refractivity contribution is -0.128. The van der Waals surface area contributed by atoms with Crippen molar-refractivity contribution in [1.29, 1.82) is 0 Å². The van der Waals surface area contributed by atoms with Crippen molar-refractivity contribution in [3.05, 3.63) is 36.0 Å². The number of carbonyl (C=O) groups excluding carboxylic acids is 1. The standard InChI is InChI=1S/C17H19N7OS2/c1-22-15(13-4-2-11-26-13)20-21-17(22)27-12-14(25)23-7-9-24(10-8-23)16-18-5-3-6-19-16/h2-6,11H,7-10,12H2,1H3. The summed E-state index contributed by atoms with van der Waals surface area (Å²) in [7, 11) is 1.93. The van der Waals surface area contributed by atoms with E-state index in [1.54, 1.807) is 29.8 Å². The average molecular weight is 402 g/mol. The second-order valence-electron chi connectivity index (χ2n) is 6.05. The lowest BCUT2D eigenvalue weighted by Gasteiger charge is -2.34. The molecule has 0 unspecified atom stereocenters. The molecular formula is C17H19N7OS2. The summed E-state index contributed by atoms with van der Waals surface area (Å²) in [6, 6.07) is 5.81. The molecule has 0 radical (unpaired) electrons. The normalized spacial score (nSPS) is 14.6. The average Bonchev–Trinajstić information content (AvgIpc) is 3.37. The van der Waals surface area contributed by atoms with Crippen molar-refractivity contribution in [1.82, 2.24) is 29.6 Å². The first kappa shape index (κ1) is 17.9. The number of carbonyl (C=O) groups is 1. The van der Waals surface area contributed by atoms with Gasteiger partial charge >= 0.3 is 0 Å². The number of amides is 1. The second kappa shape index (κ2) is 8.05. The fraction of sp³-hybridized carbons (Fsp3) is 0.353. The molecule has 3 aromatic rings. The maximum absolute atomic E-state index is 12.6. The predicted octanol–water partition coefficient (Wildman–Crippen LogP) is 1.77. The van der Waals surface area contributed by atoms with Crippen molar-refractivity contribution in [2.75, 3.05) is 36.8 Å². The highest BCUT2D eigenvalue weighted by atomic mass is 32.2. The number of hydrogen-bond donors (Lipinski definition) is 0. The summed E-state index contributed by atoms with van der Waals surface area (Å²) in [6.07, 6.45) is 3.48. The van der Waals surface area contributed by atoms with E-state index >= 15 is 0 Å². The Morgan fingerprint density at radius 2 is 1.93 bits per heavy atom. The number of thioether (sulfide) groups is 1. The van der Waals surface area contributed by atoms with Crippen molar-refractivity contribution in [3.8, 4) is 10.7 Å². The van der Waals surface area contributed by atoms with E-state index in [1.165, 1.54) is 11.8 Å². The zero-order valence-corrected chi connectivity index (χ0v) is 16.5. The second-order valence-corrected chi connectivity index (χ2v) is 7.94. The Morgan fingerprint density at radius 1 is 1.15 bits per heavy atom. The molecule has 0 N–H and O–H groups in total. The van der Waals surface area contributed by atoms with E-state index in [-0.39, 0.29) is 5.91 Å². The fourth-order valence-electron chi connectivity index (χ4n) is 2.89. The molecule has 4 rings (SSSR count). The van der Waals surface area contributed by atoms with E-state index in [1.807, 2.05) is 34.0 Å². The van der Waals surface area contributed by atoms with Gasteiger partial charge in [0.15, 0.2) is 11.0 Å². The van der Waals surface area contributed by atoms with Crippen molar-refractivity contribution < 1.29 is 4.79 Å². The number of nitrogens with zero attached hydrogens (tertiary/aromatic N) is 7. The third kappa shape index (κ3) is 3.96. The minimum atomic E-state index is 0.120. The highest BCUT2D eigenvalue weighted by molar-refractivity contribution is 7.99. The summed E-state index contributed by atoms with van der Waals surface area (Å²) < 4.78 is 1.94. The molecular weight excluding hydrogens is 382 g/mol. The lowest BCUT2D eigenvalue weighted by atomic mass is 10.3. The third-order valence-electron chi connectivity index (χ3n) is 4.37. The van der Waals surface area contributed by atoms with Gasteiger partial charge in [0.1, 0.15) is 0 Å². The first-order valence-electron chi connectivity index (χ1n) is 8.58. The van der Waals surface area contributed by atoms with E-state index < -0.39 is 0 Å². The Hall–Kier alpha value is -2.46. The molecule has 1 aliphatic heterocycles. The summed E-state index contributed by atoms with van der Waals surface area (Å²) >= 11 is 3.05. The molecule has 0 atom stereocenters. The molecule has 27 heavy (non-hydrogen) atoms. The van der Waals surface area contributed by atoms with Crippen molar-refractivity contribution in [3.63, 3.8) is 0 Å². The van der Waals surface area contributed by atoms with Crippen molar-refractivity contribution in [2.24, 2.45) is 7.05 Å². The van der Waals surface area contributed by atoms with Gasteiger partial charge in [-0.25, -0.2) is 9.97 Å². The van der Waals surface area contributed by atoms with E-state index in [0.29, 0.717) is 18.8 Å². The van der Waals surface area contributed by atoms with Gasteiger partial charge in [-0.05, 0) is 17.5 Å². The molecule has 0 bridgehead atoms. The number of rotatable bonds is 5. The molecule has 0 aromatic carbocycles. The van der Waals surface area contributed by atoms with Crippen LogP contribution in [0.4, 0.5) is 5.95 Å². The molecule has 140 valence electrons. The number of hydrogen-bond acceptors (Lipinski definition) is 8. The SMILES string of the molecule is Cn1c(SCC(=O)N2CCN(c3ncccn3)CC2)nnc1-c1cccs1. The maximum Gasteiger partial charge on any atom is 0.233 e. The van der Waals surface area contributed by atoms with Gasteiger partial charge in [-0.15, -0.1) is 21.5 Å². The maximum atomic E-state index is 12.6. The van der Waals surface area contributed by atoms with Crippen LogP contribution in [0.15, 0.2) is 41.1 Å². The summed E-state index contributed by atoms with van der Waals surface area (Å²) in [5, 5.41) is 11.2. The molecule has 4 heterocycles. The molecule has 0 spiro atoms. The molecule has 8 nitrogen and oxygen atoms in total. The Bertz CT molecular complexity index is 889. The van der Waals surface area contributed by atoms with E-state index in [4.69, 9.17) is 0 Å². The Labute approximate surface area is 165 Å². The zero-order chi connectivity index (χ0) is 18.6. The van der Waals surface area contributed by atoms with Crippen LogP contribution in [0.2, 0.25) is 0 Å². The Kier molecular flexibility index (Phi) is 5.35. The molecule has 1 saturated heterocycles. The van der Waals surface area contributed by atoms with Gasteiger partial charge in [-0.2, -0.15) is 0 Å². The number of piperazine rings is 1. The van der Waals surface area contributed by atoms with Crippen LogP contribution in [0, 0.1) is 0 Å². The molecule has 1 fully saturated rings. The van der Waals surface area contributed by atoms with Crippen LogP contribution in [0.1, 0.15) is 0 Å². The van der Waals surface area contributed by atoms with Gasteiger partial charge in [0.2, 0.25) is 11.9 Å². The molecule has 0 aliphatic carbocycles. The van der Waals surface area contributed by atoms with Crippen LogP contribution in [0.5, 0.6) is 0 Å². The number of anilines is 1. The largest absolute Gasteiger partial charge is 0.338 e. The zero-order valence-electron chi connectivity index (χ0n) is 14.9. The topological polar surface area (TPSA) is 80.0 Å². The van der Waals surface area contributed by atoms with Crippen LogP contribution in [0.25, 0.3) is 10.7 Å². The number of thiophene rings is 1. The van der Waals surface area contributed by atoms with Gasteiger partial charge in [-0.1, -0.05) is 17.8 Å². The van der Waals surface area contributed by atoms with Crippen LogP contribution in [-0.4, -0.2) is 67.5 Å². The van der Waals surface area contributed by atoms with Gasteiger partial charge < -0.3 is 14.4 Å². The Morgan fingerprint density at radius 3 is 2.63 bits per heavy atom. The minimum absolute atomic E-state index is 0.120. The first-order chi connectivity index (χ1) is 13.2. The van der Waals surface area contributed by atoms with Gasteiger partial charge in [0.05, 0.1) is 10.6 Å². The molecule has 0 saturated carbocycles. The molecule has 1 amide bonds. The summed E-state index contributed by atoms with van der Waals surface area (Å²) in [5.74, 6) is 2.03. The van der Waals surface area contributed by atoms with Crippen LogP contribution in [0.3, 0.4) is 0 Å². The Balaban J connectivity index is 1.31. The van der Waals surface area contributed by atoms with Crippen LogP contribution < -0.4 is 4.90 Å². The highest BCUT2D eigenvalue weighted by Gasteiger charge is 2.23. The smallest absolute Gasteiger partial charge is 0.233 e. The molecule has 10 heteroatoms. The van der Waals surface area contributed by atoms with E-state index in [0.717, 1.165) is 34.9 Å². The van der Waals surface area contributed by atoms with E-state index in [9.17, 15) is 4.79 Å². The predicted molar refractivity (Wildman–Crippen MR) is 106 cm³/mol. The van der Waals surface area contributed by atoms with Gasteiger partial charge in [0, 0.05) is 45.6 Å². The number of aromatic nitrogens is 5. The summed E-state index contributed by atoms with van der Waals surface area (Å²) in [4.78, 5) is 26.2. The van der Waals surface area contributed by atoms with Crippen LogP contribution in [-0.2, 0) is 11.8 Å². The minimum Gasteiger partial charge on any atom is -0.338 e. The van der Waals surface area contributed by atoms with Crippen molar-refractivity contribution in [2.45, 2.75) is 5.16 Å². The molecule has 1 aliphatic rings. The quantitative estimate of drug-likeness (QED) is 0.603. The summed E-state index contributed by atoms with van der Waals surface area (Å²) in [6.45, 7) is 2.84. The van der Waals surface area contributed by atoms with Gasteiger partial charge in [0.25, 0.3) is 0 Å². The van der Waals surface area contributed by atoms with Gasteiger partial charge in [-0.3, -0.25) is 4.79 Å². The first-order valence-corrected chi connectivity index (χ1v) is 10.4. The monoisotopic (exact) mass is 401 g/mol. The lowest BCUT2D eigenvalue weighted by Crippen LogP contribution is -2.49. The summed E-state index contributed by atoms with van der Waals surface area (Å²) in [5.41, 5.74) is 0.